The van der Waals surface area contributed by atoms with Gasteiger partial charge in [0.2, 0.25) is 0 Å². The van der Waals surface area contributed by atoms with Crippen LogP contribution in [0.1, 0.15) is 34.0 Å². The molecule has 0 aliphatic carbocycles. The molecule has 5 heteroatoms. The first-order valence-electron chi connectivity index (χ1n) is 7.30. The zero-order chi connectivity index (χ0) is 16.1. The van der Waals surface area contributed by atoms with Crippen LogP contribution < -0.4 is 14.8 Å². The number of rotatable bonds is 6. The van der Waals surface area contributed by atoms with Gasteiger partial charge in [0.1, 0.15) is 0 Å². The van der Waals surface area contributed by atoms with Gasteiger partial charge in [-0.25, -0.2) is 0 Å². The van der Waals surface area contributed by atoms with Gasteiger partial charge in [-0.3, -0.25) is 4.79 Å². The molecule has 1 amide bonds. The third kappa shape index (κ3) is 3.60. The van der Waals surface area contributed by atoms with Crippen molar-refractivity contribution in [2.24, 2.45) is 0 Å². The second-order valence-corrected chi connectivity index (χ2v) is 5.96. The van der Waals surface area contributed by atoms with Gasteiger partial charge in [0.05, 0.1) is 18.6 Å². The Morgan fingerprint density at radius 2 is 2.00 bits per heavy atom. The number of thiophene rings is 1. The second kappa shape index (κ2) is 7.31. The van der Waals surface area contributed by atoms with Crippen LogP contribution in [-0.2, 0) is 6.42 Å². The van der Waals surface area contributed by atoms with Crippen molar-refractivity contribution < 1.29 is 14.3 Å². The molecule has 0 saturated carbocycles. The number of hydrogen-bond donors (Lipinski definition) is 1. The van der Waals surface area contributed by atoms with Gasteiger partial charge in [0.15, 0.2) is 11.5 Å². The minimum atomic E-state index is -0.0981. The maximum atomic E-state index is 12.3. The number of anilines is 1. The van der Waals surface area contributed by atoms with E-state index in [0.29, 0.717) is 23.8 Å². The molecule has 1 N–H and O–H groups in total. The molecule has 0 bridgehead atoms. The Hall–Kier alpha value is -2.01. The number of aryl methyl sites for hydroxylation is 2. The maximum Gasteiger partial charge on any atom is 0.265 e. The molecule has 1 aromatic heterocycles. The minimum Gasteiger partial charge on any atom is -0.493 e. The van der Waals surface area contributed by atoms with Gasteiger partial charge >= 0.3 is 0 Å². The van der Waals surface area contributed by atoms with Crippen LogP contribution in [0, 0.1) is 6.92 Å². The Balaban J connectivity index is 2.17. The SMILES string of the molecule is CCOc1ccc(NC(=O)c2cc(C)c(CC)s2)cc1OC. The quantitative estimate of drug-likeness (QED) is 0.864. The zero-order valence-electron chi connectivity index (χ0n) is 13.4. The number of ether oxygens (including phenoxy) is 2. The number of methoxy groups -OCH3 is 1. The summed E-state index contributed by atoms with van der Waals surface area (Å²) < 4.78 is 10.8. The highest BCUT2D eigenvalue weighted by Gasteiger charge is 2.13. The molecular formula is C17H21NO3S. The van der Waals surface area contributed by atoms with Crippen molar-refractivity contribution in [2.45, 2.75) is 27.2 Å². The van der Waals surface area contributed by atoms with E-state index in [1.165, 1.54) is 10.4 Å². The van der Waals surface area contributed by atoms with Crippen molar-refractivity contribution in [1.29, 1.82) is 0 Å². The summed E-state index contributed by atoms with van der Waals surface area (Å²) >= 11 is 1.54. The normalized spacial score (nSPS) is 10.4. The predicted octanol–water partition coefficient (Wildman–Crippen LogP) is 4.28. The summed E-state index contributed by atoms with van der Waals surface area (Å²) in [5.74, 6) is 1.18. The molecule has 0 unspecified atom stereocenters. The average molecular weight is 319 g/mol. The Morgan fingerprint density at radius 3 is 2.59 bits per heavy atom. The van der Waals surface area contributed by atoms with Gasteiger partial charge in [-0.15, -0.1) is 11.3 Å². The smallest absolute Gasteiger partial charge is 0.265 e. The first-order chi connectivity index (χ1) is 10.6. The Morgan fingerprint density at radius 1 is 1.23 bits per heavy atom. The van der Waals surface area contributed by atoms with E-state index in [-0.39, 0.29) is 5.91 Å². The largest absolute Gasteiger partial charge is 0.493 e. The highest BCUT2D eigenvalue weighted by molar-refractivity contribution is 7.14. The van der Waals surface area contributed by atoms with Gasteiger partial charge in [-0.05, 0) is 44.0 Å². The van der Waals surface area contributed by atoms with Crippen LogP contribution in [0.2, 0.25) is 0 Å². The molecular weight excluding hydrogens is 298 g/mol. The van der Waals surface area contributed by atoms with Crippen LogP contribution in [0.25, 0.3) is 0 Å². The van der Waals surface area contributed by atoms with Crippen LogP contribution in [-0.4, -0.2) is 19.6 Å². The van der Waals surface area contributed by atoms with E-state index < -0.39 is 0 Å². The lowest BCUT2D eigenvalue weighted by molar-refractivity contribution is 0.103. The lowest BCUT2D eigenvalue weighted by atomic mass is 10.2. The summed E-state index contributed by atoms with van der Waals surface area (Å²) in [5.41, 5.74) is 1.86. The molecule has 0 radical (unpaired) electrons. The first kappa shape index (κ1) is 16.4. The Bertz CT molecular complexity index is 664. The lowest BCUT2D eigenvalue weighted by Crippen LogP contribution is -2.10. The third-order valence-electron chi connectivity index (χ3n) is 3.29. The third-order valence-corrected chi connectivity index (χ3v) is 4.67. The summed E-state index contributed by atoms with van der Waals surface area (Å²) in [6.07, 6.45) is 0.945. The number of hydrogen-bond acceptors (Lipinski definition) is 4. The molecule has 2 aromatic rings. The fourth-order valence-corrected chi connectivity index (χ4v) is 3.20. The van der Waals surface area contributed by atoms with Crippen LogP contribution >= 0.6 is 11.3 Å². The summed E-state index contributed by atoms with van der Waals surface area (Å²) in [7, 11) is 1.58. The average Bonchev–Trinajstić information content (AvgIpc) is 2.90. The minimum absolute atomic E-state index is 0.0981. The van der Waals surface area contributed by atoms with Crippen molar-refractivity contribution in [3.63, 3.8) is 0 Å². The molecule has 22 heavy (non-hydrogen) atoms. The van der Waals surface area contributed by atoms with Crippen molar-refractivity contribution in [3.8, 4) is 11.5 Å². The summed E-state index contributed by atoms with van der Waals surface area (Å²) in [5, 5.41) is 2.90. The fourth-order valence-electron chi connectivity index (χ4n) is 2.20. The lowest BCUT2D eigenvalue weighted by Gasteiger charge is -2.11. The molecule has 1 aromatic carbocycles. The number of carbonyl (C=O) groups excluding carboxylic acids is 1. The summed E-state index contributed by atoms with van der Waals surface area (Å²) in [6, 6.07) is 7.32. The van der Waals surface area contributed by atoms with Crippen molar-refractivity contribution >= 4 is 22.9 Å². The monoisotopic (exact) mass is 319 g/mol. The van der Waals surface area contributed by atoms with E-state index in [2.05, 4.69) is 12.2 Å². The molecule has 0 fully saturated rings. The van der Waals surface area contributed by atoms with Crippen LogP contribution in [0.15, 0.2) is 24.3 Å². The molecule has 0 saturated heterocycles. The van der Waals surface area contributed by atoms with Gasteiger partial charge in [0, 0.05) is 16.6 Å². The number of nitrogens with one attached hydrogen (secondary N) is 1. The molecule has 118 valence electrons. The van der Waals surface area contributed by atoms with E-state index in [1.807, 2.05) is 26.0 Å². The van der Waals surface area contributed by atoms with E-state index in [9.17, 15) is 4.79 Å². The van der Waals surface area contributed by atoms with Crippen molar-refractivity contribution in [2.75, 3.05) is 19.0 Å². The number of amides is 1. The van der Waals surface area contributed by atoms with Crippen LogP contribution in [0.4, 0.5) is 5.69 Å². The molecule has 4 nitrogen and oxygen atoms in total. The van der Waals surface area contributed by atoms with E-state index in [4.69, 9.17) is 9.47 Å². The van der Waals surface area contributed by atoms with E-state index in [1.54, 1.807) is 30.6 Å². The molecule has 0 aliphatic heterocycles. The summed E-state index contributed by atoms with van der Waals surface area (Å²) in [6.45, 7) is 6.61. The van der Waals surface area contributed by atoms with Gasteiger partial charge in [0.25, 0.3) is 5.91 Å². The highest BCUT2D eigenvalue weighted by atomic mass is 32.1. The fraction of sp³-hybridized carbons (Fsp3) is 0.353. The maximum absolute atomic E-state index is 12.3. The molecule has 0 atom stereocenters. The predicted molar refractivity (Wildman–Crippen MR) is 90.6 cm³/mol. The van der Waals surface area contributed by atoms with Crippen LogP contribution in [0.5, 0.6) is 11.5 Å². The molecule has 1 heterocycles. The number of carbonyl (C=O) groups is 1. The van der Waals surface area contributed by atoms with Crippen molar-refractivity contribution in [1.82, 2.24) is 0 Å². The number of benzene rings is 1. The van der Waals surface area contributed by atoms with E-state index >= 15 is 0 Å². The van der Waals surface area contributed by atoms with Gasteiger partial charge in [-0.2, -0.15) is 0 Å². The zero-order valence-corrected chi connectivity index (χ0v) is 14.2. The Labute approximate surface area is 135 Å². The topological polar surface area (TPSA) is 47.6 Å². The molecule has 2 rings (SSSR count). The van der Waals surface area contributed by atoms with Crippen LogP contribution in [0.3, 0.4) is 0 Å². The van der Waals surface area contributed by atoms with Gasteiger partial charge in [-0.1, -0.05) is 6.92 Å². The second-order valence-electron chi connectivity index (χ2n) is 4.82. The Kier molecular flexibility index (Phi) is 5.44. The van der Waals surface area contributed by atoms with Gasteiger partial charge < -0.3 is 14.8 Å². The van der Waals surface area contributed by atoms with E-state index in [0.717, 1.165) is 11.3 Å². The summed E-state index contributed by atoms with van der Waals surface area (Å²) in [4.78, 5) is 14.3. The first-order valence-corrected chi connectivity index (χ1v) is 8.12. The molecule has 0 aliphatic rings. The molecule has 0 spiro atoms. The highest BCUT2D eigenvalue weighted by Crippen LogP contribution is 2.31. The van der Waals surface area contributed by atoms with Crippen molar-refractivity contribution in [3.05, 3.63) is 39.6 Å². The standard InChI is InChI=1S/C17H21NO3S/c1-5-15-11(3)9-16(22-15)17(19)18-12-7-8-13(21-6-2)14(10-12)20-4/h7-10H,5-6H2,1-4H3,(H,18,19).